The second-order valence-electron chi connectivity index (χ2n) is 2.68. The van der Waals surface area contributed by atoms with Gasteiger partial charge in [-0.2, -0.15) is 0 Å². The van der Waals surface area contributed by atoms with Crippen LogP contribution >= 0.6 is 0 Å². The molecule has 0 saturated heterocycles. The second kappa shape index (κ2) is 2.82. The van der Waals surface area contributed by atoms with E-state index in [-0.39, 0.29) is 5.76 Å². The molecule has 1 aliphatic carbocycles. The molecule has 0 fully saturated rings. The van der Waals surface area contributed by atoms with Crippen LogP contribution in [0.5, 0.6) is 0 Å². The summed E-state index contributed by atoms with van der Waals surface area (Å²) >= 11 is 0. The van der Waals surface area contributed by atoms with Crippen molar-refractivity contribution in [2.45, 2.75) is 13.3 Å². The van der Waals surface area contributed by atoms with E-state index in [0.717, 1.165) is 17.6 Å². The van der Waals surface area contributed by atoms with E-state index >= 15 is 0 Å². The van der Waals surface area contributed by atoms with Gasteiger partial charge in [0.25, 0.3) is 0 Å². The van der Waals surface area contributed by atoms with Gasteiger partial charge in [-0.1, -0.05) is 6.58 Å². The summed E-state index contributed by atoms with van der Waals surface area (Å²) in [4.78, 5) is 0. The van der Waals surface area contributed by atoms with Crippen LogP contribution in [0.25, 0.3) is 0 Å². The van der Waals surface area contributed by atoms with Crippen LogP contribution in [0.1, 0.15) is 13.3 Å². The van der Waals surface area contributed by atoms with Crippen LogP contribution in [0.3, 0.4) is 0 Å². The quantitative estimate of drug-likeness (QED) is 0.624. The smallest absolute Gasteiger partial charge is 0.160 e. The topological polar surface area (TPSA) is 29.5 Å². The van der Waals surface area contributed by atoms with E-state index < -0.39 is 0 Å². The van der Waals surface area contributed by atoms with Crippen molar-refractivity contribution < 1.29 is 9.84 Å². The van der Waals surface area contributed by atoms with E-state index in [4.69, 9.17) is 4.74 Å². The highest BCUT2D eigenvalue weighted by atomic mass is 16.5. The first kappa shape index (κ1) is 7.92. The highest BCUT2D eigenvalue weighted by Crippen LogP contribution is 2.25. The molecule has 2 nitrogen and oxygen atoms in total. The van der Waals surface area contributed by atoms with E-state index in [1.54, 1.807) is 6.08 Å². The number of rotatable bonds is 1. The highest BCUT2D eigenvalue weighted by molar-refractivity contribution is 5.39. The van der Waals surface area contributed by atoms with Gasteiger partial charge in [-0.15, -0.1) is 0 Å². The Hall–Kier alpha value is -1.18. The van der Waals surface area contributed by atoms with Crippen molar-refractivity contribution in [3.05, 3.63) is 35.3 Å². The van der Waals surface area contributed by atoms with Gasteiger partial charge < -0.3 is 9.84 Å². The molecule has 0 heterocycles. The van der Waals surface area contributed by atoms with Gasteiger partial charge in [-0.3, -0.25) is 0 Å². The van der Waals surface area contributed by atoms with Crippen molar-refractivity contribution in [2.75, 3.05) is 7.11 Å². The number of methoxy groups -OCH3 is 1. The Balaban J connectivity index is 2.99. The Bertz CT molecular complexity index is 246. The van der Waals surface area contributed by atoms with Crippen molar-refractivity contribution in [1.29, 1.82) is 0 Å². The lowest BCUT2D eigenvalue weighted by molar-refractivity contribution is 0.251. The first-order valence-electron chi connectivity index (χ1n) is 3.47. The van der Waals surface area contributed by atoms with Crippen LogP contribution in [0.15, 0.2) is 35.3 Å². The Kier molecular flexibility index (Phi) is 2.03. The average Bonchev–Trinajstić information content (AvgIpc) is 1.96. The van der Waals surface area contributed by atoms with E-state index in [1.165, 1.54) is 7.11 Å². The van der Waals surface area contributed by atoms with Crippen molar-refractivity contribution in [3.63, 3.8) is 0 Å². The molecule has 11 heavy (non-hydrogen) atoms. The van der Waals surface area contributed by atoms with E-state index in [2.05, 4.69) is 6.58 Å². The minimum absolute atomic E-state index is 0.250. The number of aliphatic hydroxyl groups is 1. The van der Waals surface area contributed by atoms with Gasteiger partial charge in [0.2, 0.25) is 0 Å². The predicted octanol–water partition coefficient (Wildman–Crippen LogP) is 2.31. The second-order valence-corrected chi connectivity index (χ2v) is 2.68. The van der Waals surface area contributed by atoms with Crippen LogP contribution in [0, 0.1) is 0 Å². The summed E-state index contributed by atoms with van der Waals surface area (Å²) in [5.74, 6) is 0.763. The van der Waals surface area contributed by atoms with Crippen molar-refractivity contribution in [1.82, 2.24) is 0 Å². The average molecular weight is 152 g/mol. The van der Waals surface area contributed by atoms with Gasteiger partial charge in [0.1, 0.15) is 0 Å². The Morgan fingerprint density at radius 3 is 2.82 bits per heavy atom. The fourth-order valence-electron chi connectivity index (χ4n) is 1.10. The molecule has 0 aromatic rings. The number of hydrogen-bond donors (Lipinski definition) is 1. The zero-order valence-electron chi connectivity index (χ0n) is 6.85. The number of aliphatic hydroxyl groups excluding tert-OH is 1. The number of hydrogen-bond acceptors (Lipinski definition) is 2. The molecular formula is C9H12O2. The molecule has 0 aliphatic heterocycles. The largest absolute Gasteiger partial charge is 0.504 e. The first-order chi connectivity index (χ1) is 5.15. The van der Waals surface area contributed by atoms with Gasteiger partial charge in [0.15, 0.2) is 11.5 Å². The molecule has 0 unspecified atom stereocenters. The normalized spacial score (nSPS) is 18.4. The van der Waals surface area contributed by atoms with Crippen LogP contribution < -0.4 is 0 Å². The lowest BCUT2D eigenvalue weighted by Crippen LogP contribution is -2.01. The molecule has 1 N–H and O–H groups in total. The van der Waals surface area contributed by atoms with Crippen molar-refractivity contribution in [3.8, 4) is 0 Å². The molecule has 1 rings (SSSR count). The summed E-state index contributed by atoms with van der Waals surface area (Å²) in [5.41, 5.74) is 1.88. The van der Waals surface area contributed by atoms with Crippen molar-refractivity contribution >= 4 is 0 Å². The summed E-state index contributed by atoms with van der Waals surface area (Å²) in [6, 6.07) is 0. The van der Waals surface area contributed by atoms with Crippen LogP contribution in [-0.2, 0) is 4.74 Å². The summed E-state index contributed by atoms with van der Waals surface area (Å²) in [6.45, 7) is 5.66. The van der Waals surface area contributed by atoms with E-state index in [0.29, 0.717) is 5.76 Å². The Labute approximate surface area is 66.5 Å². The van der Waals surface area contributed by atoms with Gasteiger partial charge >= 0.3 is 0 Å². The zero-order valence-corrected chi connectivity index (χ0v) is 6.85. The molecule has 0 amide bonds. The third kappa shape index (κ3) is 1.45. The Morgan fingerprint density at radius 2 is 2.27 bits per heavy atom. The molecule has 60 valence electrons. The molecule has 0 saturated carbocycles. The maximum atomic E-state index is 9.40. The lowest BCUT2D eigenvalue weighted by Gasteiger charge is -2.14. The predicted molar refractivity (Wildman–Crippen MR) is 44.2 cm³/mol. The monoisotopic (exact) mass is 152 g/mol. The number of allylic oxidation sites excluding steroid dienone is 3. The van der Waals surface area contributed by atoms with Gasteiger partial charge in [0, 0.05) is 0 Å². The molecule has 0 spiro atoms. The maximum absolute atomic E-state index is 9.40. The van der Waals surface area contributed by atoms with Crippen LogP contribution in [0.2, 0.25) is 0 Å². The van der Waals surface area contributed by atoms with Gasteiger partial charge in [0.05, 0.1) is 7.11 Å². The first-order valence-corrected chi connectivity index (χ1v) is 3.47. The molecule has 2 heteroatoms. The highest BCUT2D eigenvalue weighted by Gasteiger charge is 2.13. The van der Waals surface area contributed by atoms with Crippen molar-refractivity contribution in [2.24, 2.45) is 0 Å². The molecular weight excluding hydrogens is 140 g/mol. The molecule has 0 radical (unpaired) electrons. The van der Waals surface area contributed by atoms with Crippen LogP contribution in [-0.4, -0.2) is 12.2 Å². The lowest BCUT2D eigenvalue weighted by atomic mass is 10.0. The maximum Gasteiger partial charge on any atom is 0.160 e. The fourth-order valence-corrected chi connectivity index (χ4v) is 1.10. The molecule has 0 bridgehead atoms. The summed E-state index contributed by atoms with van der Waals surface area (Å²) in [5, 5.41) is 9.40. The molecule has 0 aromatic heterocycles. The minimum Gasteiger partial charge on any atom is -0.504 e. The summed E-state index contributed by atoms with van der Waals surface area (Å²) in [6.07, 6.45) is 2.49. The third-order valence-electron chi connectivity index (χ3n) is 1.69. The van der Waals surface area contributed by atoms with Gasteiger partial charge in [-0.05, 0) is 30.6 Å². The van der Waals surface area contributed by atoms with Gasteiger partial charge in [-0.25, -0.2) is 0 Å². The molecule has 0 atom stereocenters. The SMILES string of the molecule is C=C1C=C(OC)C(O)=C(C)C1. The zero-order chi connectivity index (χ0) is 8.43. The number of ether oxygens (including phenoxy) is 1. The standard InChI is InChI=1S/C9H12O2/c1-6-4-7(2)9(10)8(5-6)11-3/h5,10H,1,4H2,2-3H3. The van der Waals surface area contributed by atoms with E-state index in [9.17, 15) is 5.11 Å². The molecule has 1 aliphatic rings. The third-order valence-corrected chi connectivity index (χ3v) is 1.69. The fraction of sp³-hybridized carbons (Fsp3) is 0.333. The Morgan fingerprint density at radius 1 is 1.64 bits per heavy atom. The summed E-state index contributed by atoms with van der Waals surface area (Å²) in [7, 11) is 1.54. The summed E-state index contributed by atoms with van der Waals surface area (Å²) < 4.78 is 4.94. The molecule has 0 aromatic carbocycles. The van der Waals surface area contributed by atoms with Crippen LogP contribution in [0.4, 0.5) is 0 Å². The minimum atomic E-state index is 0.250. The van der Waals surface area contributed by atoms with E-state index in [1.807, 2.05) is 6.92 Å².